The van der Waals surface area contributed by atoms with Crippen molar-refractivity contribution in [1.82, 2.24) is 30.2 Å². The first-order chi connectivity index (χ1) is 17.0. The number of nitrogens with one attached hydrogen (secondary N) is 2. The molecule has 0 fully saturated rings. The largest absolute Gasteiger partial charge is 0.496 e. The van der Waals surface area contributed by atoms with E-state index in [2.05, 4.69) is 38.1 Å². The molecule has 0 saturated heterocycles. The van der Waals surface area contributed by atoms with Crippen molar-refractivity contribution in [2.24, 2.45) is 7.05 Å². The highest BCUT2D eigenvalue weighted by molar-refractivity contribution is 7.14. The molecule has 0 saturated carbocycles. The fraction of sp³-hybridized carbons (Fsp3) is 0.261. The van der Waals surface area contributed by atoms with E-state index >= 15 is 0 Å². The average Bonchev–Trinajstić information content (AvgIpc) is 3.51. The van der Waals surface area contributed by atoms with Gasteiger partial charge in [0.1, 0.15) is 5.75 Å². The molecule has 1 aromatic carbocycles. The Bertz CT molecular complexity index is 1350. The Morgan fingerprint density at radius 3 is 2.71 bits per heavy atom. The second kappa shape index (κ2) is 10.8. The van der Waals surface area contributed by atoms with E-state index in [-0.39, 0.29) is 11.9 Å². The second-order valence-corrected chi connectivity index (χ2v) is 8.55. The van der Waals surface area contributed by atoms with Crippen molar-refractivity contribution in [3.05, 3.63) is 47.6 Å². The van der Waals surface area contributed by atoms with Crippen molar-refractivity contribution >= 4 is 34.8 Å². The molecule has 3 aromatic heterocycles. The number of carbonyl (C=O) groups excluding carboxylic acids is 2. The maximum atomic E-state index is 12.7. The SMILES string of the molecule is CCCCC(=O)Nc1csc(-c2cncc(-c3ccc(C(=O)Nc4nnnn4C)c(OC)c3)n2)c1. The summed E-state index contributed by atoms with van der Waals surface area (Å²) < 4.78 is 6.81. The van der Waals surface area contributed by atoms with Gasteiger partial charge in [0.05, 0.1) is 47.0 Å². The summed E-state index contributed by atoms with van der Waals surface area (Å²) in [6.45, 7) is 2.05. The lowest BCUT2D eigenvalue weighted by Crippen LogP contribution is -2.16. The van der Waals surface area contributed by atoms with Crippen LogP contribution in [0.4, 0.5) is 11.6 Å². The molecule has 0 unspecified atom stereocenters. The molecule has 0 bridgehead atoms. The first-order valence-electron chi connectivity index (χ1n) is 10.9. The van der Waals surface area contributed by atoms with Gasteiger partial charge in [0, 0.05) is 24.4 Å². The number of hydrogen-bond acceptors (Lipinski definition) is 9. The third kappa shape index (κ3) is 5.66. The van der Waals surface area contributed by atoms with E-state index in [4.69, 9.17) is 9.72 Å². The summed E-state index contributed by atoms with van der Waals surface area (Å²) >= 11 is 1.48. The number of methoxy groups -OCH3 is 1. The fourth-order valence-corrected chi connectivity index (χ4v) is 4.06. The molecule has 2 N–H and O–H groups in total. The molecular formula is C23H24N8O3S. The highest BCUT2D eigenvalue weighted by atomic mass is 32.1. The molecule has 2 amide bonds. The van der Waals surface area contributed by atoms with Crippen molar-refractivity contribution in [3.63, 3.8) is 0 Å². The quantitative estimate of drug-likeness (QED) is 0.360. The van der Waals surface area contributed by atoms with Crippen LogP contribution in [-0.2, 0) is 11.8 Å². The van der Waals surface area contributed by atoms with Gasteiger partial charge in [-0.25, -0.2) is 9.67 Å². The van der Waals surface area contributed by atoms with E-state index in [1.54, 1.807) is 37.6 Å². The van der Waals surface area contributed by atoms with Gasteiger partial charge in [-0.3, -0.25) is 19.9 Å². The van der Waals surface area contributed by atoms with E-state index in [1.807, 2.05) is 11.4 Å². The Hall–Kier alpha value is -4.19. The zero-order chi connectivity index (χ0) is 24.8. The van der Waals surface area contributed by atoms with Crippen molar-refractivity contribution in [2.75, 3.05) is 17.7 Å². The summed E-state index contributed by atoms with van der Waals surface area (Å²) in [6, 6.07) is 7.04. The molecule has 0 aliphatic rings. The zero-order valence-electron chi connectivity index (χ0n) is 19.5. The number of amides is 2. The minimum atomic E-state index is -0.404. The number of rotatable bonds is 9. The predicted octanol–water partition coefficient (Wildman–Crippen LogP) is 3.79. The smallest absolute Gasteiger partial charge is 0.261 e. The summed E-state index contributed by atoms with van der Waals surface area (Å²) in [7, 11) is 3.11. The molecule has 4 aromatic rings. The van der Waals surface area contributed by atoms with Crippen LogP contribution in [0.1, 0.15) is 36.5 Å². The van der Waals surface area contributed by atoms with Gasteiger partial charge in [0.2, 0.25) is 11.9 Å². The monoisotopic (exact) mass is 492 g/mol. The average molecular weight is 493 g/mol. The van der Waals surface area contributed by atoms with Gasteiger partial charge in [0.25, 0.3) is 5.91 Å². The van der Waals surface area contributed by atoms with Crippen LogP contribution in [0.15, 0.2) is 42.0 Å². The maximum Gasteiger partial charge on any atom is 0.261 e. The summed E-state index contributed by atoms with van der Waals surface area (Å²) in [5, 5.41) is 18.4. The molecule has 0 atom stereocenters. The highest BCUT2D eigenvalue weighted by Crippen LogP contribution is 2.31. The molecule has 0 aliphatic heterocycles. The standard InChI is InChI=1S/C23H24N8O3S/c1-4-5-6-21(32)25-15-10-20(35-13-15)18-12-24-11-17(26-18)14-7-8-16(19(9-14)34-3)22(33)27-23-28-29-30-31(23)2/h7-13H,4-6H2,1-3H3,(H,25,32)(H,27,28,30,33). The molecule has 180 valence electrons. The van der Waals surface area contributed by atoms with Gasteiger partial charge in [-0.05, 0) is 35.0 Å². The summed E-state index contributed by atoms with van der Waals surface area (Å²) in [6.07, 6.45) is 5.65. The van der Waals surface area contributed by atoms with E-state index < -0.39 is 5.91 Å². The predicted molar refractivity (Wildman–Crippen MR) is 132 cm³/mol. The van der Waals surface area contributed by atoms with Crippen LogP contribution in [-0.4, -0.2) is 49.1 Å². The number of benzene rings is 1. The Balaban J connectivity index is 1.54. The lowest BCUT2D eigenvalue weighted by Gasteiger charge is -2.11. The number of aryl methyl sites for hydroxylation is 1. The van der Waals surface area contributed by atoms with Crippen LogP contribution in [0.3, 0.4) is 0 Å². The second-order valence-electron chi connectivity index (χ2n) is 7.64. The van der Waals surface area contributed by atoms with E-state index in [1.165, 1.54) is 23.1 Å². The van der Waals surface area contributed by atoms with Gasteiger partial charge >= 0.3 is 0 Å². The maximum absolute atomic E-state index is 12.7. The number of aromatic nitrogens is 6. The van der Waals surface area contributed by atoms with Gasteiger partial charge in [-0.2, -0.15) is 0 Å². The van der Waals surface area contributed by atoms with E-state index in [9.17, 15) is 9.59 Å². The molecule has 0 spiro atoms. The number of unbranched alkanes of at least 4 members (excludes halogenated alkanes) is 1. The van der Waals surface area contributed by atoms with Gasteiger partial charge in [0.15, 0.2) is 0 Å². The molecule has 11 nitrogen and oxygen atoms in total. The number of tetrazole rings is 1. The molecule has 35 heavy (non-hydrogen) atoms. The number of carbonyl (C=O) groups is 2. The third-order valence-corrected chi connectivity index (χ3v) is 6.07. The Morgan fingerprint density at radius 1 is 1.14 bits per heavy atom. The van der Waals surface area contributed by atoms with Gasteiger partial charge in [-0.1, -0.05) is 24.5 Å². The normalized spacial score (nSPS) is 10.7. The number of thiophene rings is 1. The van der Waals surface area contributed by atoms with Gasteiger partial charge < -0.3 is 10.1 Å². The van der Waals surface area contributed by atoms with E-state index in [0.717, 1.165) is 29.0 Å². The van der Waals surface area contributed by atoms with Crippen molar-refractivity contribution in [2.45, 2.75) is 26.2 Å². The molecule has 4 rings (SSSR count). The van der Waals surface area contributed by atoms with Crippen LogP contribution >= 0.6 is 11.3 Å². The Labute approximate surface area is 205 Å². The van der Waals surface area contributed by atoms with Crippen molar-refractivity contribution < 1.29 is 14.3 Å². The fourth-order valence-electron chi connectivity index (χ4n) is 3.26. The highest BCUT2D eigenvalue weighted by Gasteiger charge is 2.17. The van der Waals surface area contributed by atoms with Crippen LogP contribution in [0, 0.1) is 0 Å². The minimum Gasteiger partial charge on any atom is -0.496 e. The number of hydrogen-bond donors (Lipinski definition) is 2. The topological polar surface area (TPSA) is 137 Å². The summed E-state index contributed by atoms with van der Waals surface area (Å²) in [5.41, 5.74) is 3.10. The van der Waals surface area contributed by atoms with Crippen LogP contribution < -0.4 is 15.4 Å². The van der Waals surface area contributed by atoms with Gasteiger partial charge in [-0.15, -0.1) is 11.3 Å². The Morgan fingerprint density at radius 2 is 1.97 bits per heavy atom. The minimum absolute atomic E-state index is 0.00249. The first kappa shape index (κ1) is 24.0. The zero-order valence-corrected chi connectivity index (χ0v) is 20.3. The van der Waals surface area contributed by atoms with Crippen LogP contribution in [0.2, 0.25) is 0 Å². The lowest BCUT2D eigenvalue weighted by atomic mass is 10.1. The lowest BCUT2D eigenvalue weighted by molar-refractivity contribution is -0.116. The summed E-state index contributed by atoms with van der Waals surface area (Å²) in [5.74, 6) is 0.188. The molecule has 0 radical (unpaired) electrons. The van der Waals surface area contributed by atoms with Crippen molar-refractivity contribution in [1.29, 1.82) is 0 Å². The number of ether oxygens (including phenoxy) is 1. The first-order valence-corrected chi connectivity index (χ1v) is 11.8. The summed E-state index contributed by atoms with van der Waals surface area (Å²) in [4.78, 5) is 34.7. The molecule has 0 aliphatic carbocycles. The van der Waals surface area contributed by atoms with Crippen molar-refractivity contribution in [3.8, 4) is 27.6 Å². The van der Waals surface area contributed by atoms with E-state index in [0.29, 0.717) is 29.1 Å². The molecule has 3 heterocycles. The number of anilines is 2. The van der Waals surface area contributed by atoms with Crippen LogP contribution in [0.5, 0.6) is 5.75 Å². The Kier molecular flexibility index (Phi) is 7.41. The molecule has 12 heteroatoms. The number of nitrogens with zero attached hydrogens (tertiary/aromatic N) is 6. The third-order valence-electron chi connectivity index (χ3n) is 5.11. The van der Waals surface area contributed by atoms with Crippen LogP contribution in [0.25, 0.3) is 21.8 Å². The molecular weight excluding hydrogens is 468 g/mol.